The molecule has 0 radical (unpaired) electrons. The van der Waals surface area contributed by atoms with Crippen LogP contribution in [-0.2, 0) is 9.59 Å². The van der Waals surface area contributed by atoms with Crippen molar-refractivity contribution in [3.8, 4) is 5.69 Å². The van der Waals surface area contributed by atoms with Gasteiger partial charge in [-0.05, 0) is 63.8 Å². The molecule has 4 rings (SSSR count). The molecule has 1 unspecified atom stereocenters. The molecule has 0 bridgehead atoms. The molecular formula is C26H27BrN4O3. The van der Waals surface area contributed by atoms with Crippen molar-refractivity contribution in [2.24, 2.45) is 0 Å². The first-order valence-corrected chi connectivity index (χ1v) is 11.9. The highest BCUT2D eigenvalue weighted by Gasteiger charge is 2.46. The number of benzene rings is 2. The Morgan fingerprint density at radius 3 is 2.41 bits per heavy atom. The van der Waals surface area contributed by atoms with Crippen LogP contribution in [0.25, 0.3) is 11.4 Å². The lowest BCUT2D eigenvalue weighted by Crippen LogP contribution is -2.32. The Hall–Kier alpha value is -3.23. The van der Waals surface area contributed by atoms with E-state index >= 15 is 0 Å². The molecule has 1 N–H and O–H groups in total. The van der Waals surface area contributed by atoms with E-state index in [4.69, 9.17) is 0 Å². The van der Waals surface area contributed by atoms with Crippen molar-refractivity contribution < 1.29 is 14.7 Å². The van der Waals surface area contributed by atoms with Gasteiger partial charge in [-0.3, -0.25) is 9.59 Å². The summed E-state index contributed by atoms with van der Waals surface area (Å²) in [7, 11) is 3.93. The summed E-state index contributed by atoms with van der Waals surface area (Å²) in [6.45, 7) is 3.01. The monoisotopic (exact) mass is 522 g/mol. The average Bonchev–Trinajstić information content (AvgIpc) is 3.32. The summed E-state index contributed by atoms with van der Waals surface area (Å²) in [5.74, 6) is -1.48. The van der Waals surface area contributed by atoms with Gasteiger partial charge in [0.05, 0.1) is 34.8 Å². The topological polar surface area (TPSA) is 78.7 Å². The van der Waals surface area contributed by atoms with Gasteiger partial charge in [0.2, 0.25) is 0 Å². The summed E-state index contributed by atoms with van der Waals surface area (Å²) in [6.07, 6.45) is 2.24. The second-order valence-electron chi connectivity index (χ2n) is 8.59. The first-order valence-electron chi connectivity index (χ1n) is 11.1. The quantitative estimate of drug-likeness (QED) is 0.284. The van der Waals surface area contributed by atoms with E-state index in [-0.39, 0.29) is 11.3 Å². The molecule has 0 saturated carbocycles. The summed E-state index contributed by atoms with van der Waals surface area (Å²) in [4.78, 5) is 29.9. The maximum absolute atomic E-state index is 13.2. The number of carbonyl (C=O) groups is 2. The maximum Gasteiger partial charge on any atom is 0.295 e. The van der Waals surface area contributed by atoms with E-state index < -0.39 is 17.7 Å². The Balaban J connectivity index is 1.80. The molecule has 176 valence electrons. The molecule has 1 fully saturated rings. The Kier molecular flexibility index (Phi) is 7.00. The molecule has 1 saturated heterocycles. The van der Waals surface area contributed by atoms with E-state index in [2.05, 4.69) is 21.0 Å². The van der Waals surface area contributed by atoms with Crippen LogP contribution >= 0.6 is 15.9 Å². The number of aromatic nitrogens is 2. The minimum absolute atomic E-state index is 0.0906. The van der Waals surface area contributed by atoms with Gasteiger partial charge in [-0.1, -0.05) is 46.3 Å². The molecular weight excluding hydrogens is 496 g/mol. The van der Waals surface area contributed by atoms with E-state index in [0.717, 1.165) is 22.3 Å². The highest BCUT2D eigenvalue weighted by molar-refractivity contribution is 9.10. The Bertz CT molecular complexity index is 1230. The van der Waals surface area contributed by atoms with Crippen molar-refractivity contribution in [1.29, 1.82) is 0 Å². The fourth-order valence-corrected chi connectivity index (χ4v) is 4.54. The number of likely N-dealkylation sites (tertiary alicyclic amines) is 1. The largest absolute Gasteiger partial charge is 0.507 e. The number of hydrogen-bond acceptors (Lipinski definition) is 5. The molecule has 1 amide bonds. The van der Waals surface area contributed by atoms with E-state index in [1.807, 2.05) is 80.5 Å². The number of hydrogen-bond donors (Lipinski definition) is 1. The third-order valence-electron chi connectivity index (χ3n) is 6.00. The number of aliphatic hydroxyl groups excluding tert-OH is 1. The minimum atomic E-state index is -0.679. The van der Waals surface area contributed by atoms with E-state index in [0.29, 0.717) is 24.2 Å². The second-order valence-corrected chi connectivity index (χ2v) is 9.51. The zero-order chi connectivity index (χ0) is 24.4. The molecule has 2 aromatic carbocycles. The third kappa shape index (κ3) is 4.56. The predicted molar refractivity (Wildman–Crippen MR) is 135 cm³/mol. The average molecular weight is 523 g/mol. The van der Waals surface area contributed by atoms with E-state index in [1.165, 1.54) is 6.20 Å². The van der Waals surface area contributed by atoms with Gasteiger partial charge in [0.25, 0.3) is 11.7 Å². The van der Waals surface area contributed by atoms with Gasteiger partial charge in [0, 0.05) is 11.0 Å². The van der Waals surface area contributed by atoms with Crippen LogP contribution in [0.3, 0.4) is 0 Å². The normalized spacial score (nSPS) is 17.7. The lowest BCUT2D eigenvalue weighted by atomic mass is 9.95. The fraction of sp³-hybridized carbons (Fsp3) is 0.269. The lowest BCUT2D eigenvalue weighted by Gasteiger charge is -2.26. The molecule has 0 aliphatic carbocycles. The minimum Gasteiger partial charge on any atom is -0.507 e. The first kappa shape index (κ1) is 23.9. The Morgan fingerprint density at radius 2 is 1.76 bits per heavy atom. The lowest BCUT2D eigenvalue weighted by molar-refractivity contribution is -0.139. The van der Waals surface area contributed by atoms with Crippen LogP contribution in [0, 0.1) is 6.92 Å². The third-order valence-corrected chi connectivity index (χ3v) is 6.52. The van der Waals surface area contributed by atoms with Gasteiger partial charge in [0.15, 0.2) is 0 Å². The number of carbonyl (C=O) groups excluding carboxylic acids is 2. The summed E-state index contributed by atoms with van der Waals surface area (Å²) in [5.41, 5.74) is 2.80. The standard InChI is InChI=1S/C26H27BrN4O3/c1-17-21(16-28-31(17)20-8-5-4-6-9-20)24(32)22-23(18-10-12-19(27)13-11-18)30(26(34)25(22)33)15-7-14-29(2)3/h4-6,8-13,16,23,32H,7,14-15H2,1-3H3/b24-22-. The van der Waals surface area contributed by atoms with Crippen molar-refractivity contribution in [3.63, 3.8) is 0 Å². The number of halogens is 1. The van der Waals surface area contributed by atoms with Crippen LogP contribution < -0.4 is 0 Å². The van der Waals surface area contributed by atoms with Crippen LogP contribution in [0.2, 0.25) is 0 Å². The number of para-hydroxylation sites is 1. The van der Waals surface area contributed by atoms with E-state index in [9.17, 15) is 14.7 Å². The number of nitrogens with zero attached hydrogens (tertiary/aromatic N) is 4. The summed E-state index contributed by atoms with van der Waals surface area (Å²) in [6, 6.07) is 16.4. The van der Waals surface area contributed by atoms with Crippen molar-refractivity contribution in [2.75, 3.05) is 27.2 Å². The first-order chi connectivity index (χ1) is 16.3. The van der Waals surface area contributed by atoms with Crippen LogP contribution in [0.1, 0.15) is 29.3 Å². The number of ketones is 1. The molecule has 1 aliphatic heterocycles. The zero-order valence-corrected chi connectivity index (χ0v) is 21.0. The SMILES string of the molecule is Cc1c(/C(O)=C2/C(=O)C(=O)N(CCCN(C)C)C2c2ccc(Br)cc2)cnn1-c1ccccc1. The number of aliphatic hydroxyl groups is 1. The second kappa shape index (κ2) is 9.95. The highest BCUT2D eigenvalue weighted by Crippen LogP contribution is 2.40. The molecule has 2 heterocycles. The van der Waals surface area contributed by atoms with Gasteiger partial charge >= 0.3 is 0 Å². The van der Waals surface area contributed by atoms with Crippen molar-refractivity contribution >= 4 is 33.4 Å². The summed E-state index contributed by atoms with van der Waals surface area (Å²) >= 11 is 3.44. The Morgan fingerprint density at radius 1 is 1.09 bits per heavy atom. The molecule has 34 heavy (non-hydrogen) atoms. The van der Waals surface area contributed by atoms with Crippen molar-refractivity contribution in [2.45, 2.75) is 19.4 Å². The van der Waals surface area contributed by atoms with Crippen molar-refractivity contribution in [3.05, 3.63) is 87.7 Å². The molecule has 1 aromatic heterocycles. The number of amides is 1. The maximum atomic E-state index is 13.2. The van der Waals surface area contributed by atoms with Crippen LogP contribution in [0.5, 0.6) is 0 Å². The molecule has 0 spiro atoms. The molecule has 3 aromatic rings. The molecule has 7 nitrogen and oxygen atoms in total. The van der Waals surface area contributed by atoms with Gasteiger partial charge in [-0.25, -0.2) is 4.68 Å². The number of rotatable bonds is 7. The Labute approximate surface area is 207 Å². The van der Waals surface area contributed by atoms with E-state index in [1.54, 1.807) is 9.58 Å². The van der Waals surface area contributed by atoms with Crippen LogP contribution in [0.15, 0.2) is 70.8 Å². The van der Waals surface area contributed by atoms with Gasteiger partial charge in [-0.15, -0.1) is 0 Å². The smallest absolute Gasteiger partial charge is 0.295 e. The summed E-state index contributed by atoms with van der Waals surface area (Å²) < 4.78 is 2.59. The highest BCUT2D eigenvalue weighted by atomic mass is 79.9. The van der Waals surface area contributed by atoms with Gasteiger partial charge in [-0.2, -0.15) is 5.10 Å². The fourth-order valence-electron chi connectivity index (χ4n) is 4.28. The molecule has 1 aliphatic rings. The predicted octanol–water partition coefficient (Wildman–Crippen LogP) is 4.32. The van der Waals surface area contributed by atoms with Crippen LogP contribution in [0.4, 0.5) is 0 Å². The van der Waals surface area contributed by atoms with Gasteiger partial charge in [0.1, 0.15) is 5.76 Å². The molecule has 1 atom stereocenters. The van der Waals surface area contributed by atoms with Crippen LogP contribution in [-0.4, -0.2) is 63.6 Å². The zero-order valence-electron chi connectivity index (χ0n) is 19.4. The van der Waals surface area contributed by atoms with Gasteiger partial charge < -0.3 is 14.9 Å². The van der Waals surface area contributed by atoms with Crippen molar-refractivity contribution in [1.82, 2.24) is 19.6 Å². The molecule has 8 heteroatoms. The number of Topliss-reactive ketones (excluding diaryl/α,β-unsaturated/α-hetero) is 1. The summed E-state index contributed by atoms with van der Waals surface area (Å²) in [5, 5.41) is 15.8.